The summed E-state index contributed by atoms with van der Waals surface area (Å²) in [6.07, 6.45) is 5.12. The molecule has 2 aliphatic rings. The van der Waals surface area contributed by atoms with Gasteiger partial charge in [-0.3, -0.25) is 14.5 Å². The van der Waals surface area contributed by atoms with Gasteiger partial charge in [0.25, 0.3) is 11.8 Å². The van der Waals surface area contributed by atoms with Gasteiger partial charge in [0.1, 0.15) is 22.8 Å². The Morgan fingerprint density at radius 2 is 2.16 bits per heavy atom. The molecule has 5 rings (SSSR count). The molecule has 196 valence electrons. The second-order valence-electron chi connectivity index (χ2n) is 8.41. The van der Waals surface area contributed by atoms with Crippen molar-refractivity contribution in [1.82, 2.24) is 25.2 Å². The lowest BCUT2D eigenvalue weighted by Crippen LogP contribution is -2.71. The summed E-state index contributed by atoms with van der Waals surface area (Å²) < 4.78 is 1.81. The maximum absolute atomic E-state index is 13.2. The lowest BCUT2D eigenvalue weighted by atomic mass is 10.0. The quantitative estimate of drug-likeness (QED) is 0.130. The number of anilines is 1. The van der Waals surface area contributed by atoms with E-state index in [4.69, 9.17) is 10.6 Å². The predicted molar refractivity (Wildman–Crippen MR) is 135 cm³/mol. The second-order valence-corrected chi connectivity index (χ2v) is 10.4. The summed E-state index contributed by atoms with van der Waals surface area (Å²) in [4.78, 5) is 56.0. The number of carbonyl (C=O) groups is 3. The molecule has 0 unspecified atom stereocenters. The fraction of sp³-hybridized carbons (Fsp3) is 0.261. The van der Waals surface area contributed by atoms with Gasteiger partial charge >= 0.3 is 0 Å². The highest BCUT2D eigenvalue weighted by atomic mass is 32.2. The van der Waals surface area contributed by atoms with Crippen LogP contribution in [0.1, 0.15) is 17.1 Å². The number of hydrogen-bond acceptors (Lipinski definition) is 11. The van der Waals surface area contributed by atoms with Crippen molar-refractivity contribution in [2.45, 2.75) is 31.5 Å². The minimum Gasteiger partial charge on any atom is -0.543 e. The molecule has 13 nitrogen and oxygen atoms in total. The zero-order valence-electron chi connectivity index (χ0n) is 20.0. The summed E-state index contributed by atoms with van der Waals surface area (Å²) in [7, 11) is 0. The van der Waals surface area contributed by atoms with Crippen LogP contribution in [0.2, 0.25) is 0 Å². The first kappa shape index (κ1) is 25.4. The van der Waals surface area contributed by atoms with Gasteiger partial charge in [0.15, 0.2) is 36.4 Å². The van der Waals surface area contributed by atoms with E-state index in [1.165, 1.54) is 23.0 Å². The Morgan fingerprint density at radius 3 is 2.82 bits per heavy atom. The van der Waals surface area contributed by atoms with Crippen molar-refractivity contribution in [3.05, 3.63) is 70.7 Å². The number of amides is 2. The lowest BCUT2D eigenvalue weighted by molar-refractivity contribution is -0.689. The summed E-state index contributed by atoms with van der Waals surface area (Å²) in [6, 6.07) is 4.53. The van der Waals surface area contributed by atoms with Crippen LogP contribution in [0.3, 0.4) is 0 Å². The number of aromatic amines is 1. The standard InChI is InChI=1S/C23H22N8O5S2/c1-12-14(26-11-25-12)8-36-29-16(15-10-38-23(24)27-15)19(32)28-17-20(33)31-18(22(34)35)13(9-37-21(17)31)7-30-5-3-2-4-6-30/h2-6,10-11,17,21H,7-9H2,1H3,(H4-,24,25,26,27,28,32,34,35)/t17-,21-/m1/s1. The first-order valence-electron chi connectivity index (χ1n) is 11.4. The predicted octanol–water partition coefficient (Wildman–Crippen LogP) is -0.931. The number of thioether (sulfide) groups is 1. The molecule has 3 aromatic heterocycles. The Balaban J connectivity index is 1.33. The Morgan fingerprint density at radius 1 is 1.37 bits per heavy atom. The first-order chi connectivity index (χ1) is 18.3. The number of nitrogens with zero attached hydrogens (tertiary/aromatic N) is 5. The highest BCUT2D eigenvalue weighted by molar-refractivity contribution is 8.00. The van der Waals surface area contributed by atoms with Crippen LogP contribution < -0.4 is 20.7 Å². The number of rotatable bonds is 9. The molecule has 0 spiro atoms. The number of thiazole rings is 1. The first-order valence-corrected chi connectivity index (χ1v) is 13.3. The van der Waals surface area contributed by atoms with Crippen molar-refractivity contribution in [1.29, 1.82) is 0 Å². The van der Waals surface area contributed by atoms with Crippen LogP contribution in [0.4, 0.5) is 5.13 Å². The number of aryl methyl sites for hydroxylation is 1. The molecule has 0 radical (unpaired) electrons. The highest BCUT2D eigenvalue weighted by Gasteiger charge is 2.53. The number of aromatic nitrogens is 4. The number of pyridine rings is 1. The van der Waals surface area contributed by atoms with E-state index in [0.29, 0.717) is 23.6 Å². The van der Waals surface area contributed by atoms with Crippen LogP contribution in [0.25, 0.3) is 0 Å². The Labute approximate surface area is 224 Å². The molecule has 1 fully saturated rings. The van der Waals surface area contributed by atoms with Crippen LogP contribution >= 0.6 is 23.1 Å². The molecule has 0 bridgehead atoms. The molecule has 5 heterocycles. The van der Waals surface area contributed by atoms with E-state index in [0.717, 1.165) is 17.0 Å². The van der Waals surface area contributed by atoms with Crippen molar-refractivity contribution in [2.24, 2.45) is 5.16 Å². The van der Waals surface area contributed by atoms with Crippen molar-refractivity contribution in [3.63, 3.8) is 0 Å². The average Bonchev–Trinajstić information content (AvgIpc) is 3.52. The monoisotopic (exact) mass is 554 g/mol. The third kappa shape index (κ3) is 4.97. The summed E-state index contributed by atoms with van der Waals surface area (Å²) >= 11 is 2.48. The van der Waals surface area contributed by atoms with Gasteiger partial charge < -0.3 is 30.8 Å². The van der Waals surface area contributed by atoms with E-state index < -0.39 is 29.2 Å². The SMILES string of the molecule is Cc1[nH]cnc1CON=C(C(=O)N[C@@H]1C(=O)N2C(C(=O)[O-])=C(C[n+]3ccccc3)CS[C@H]12)c1csc(N)n1. The number of carboxylic acids is 1. The van der Waals surface area contributed by atoms with Gasteiger partial charge in [-0.2, -0.15) is 0 Å². The van der Waals surface area contributed by atoms with Crippen LogP contribution in [-0.2, 0) is 32.4 Å². The molecule has 38 heavy (non-hydrogen) atoms. The van der Waals surface area contributed by atoms with Gasteiger partial charge in [0.05, 0.1) is 18.0 Å². The van der Waals surface area contributed by atoms with Crippen LogP contribution in [0.5, 0.6) is 0 Å². The minimum absolute atomic E-state index is 0.00230. The average molecular weight is 555 g/mol. The molecule has 3 aromatic rings. The number of imidazole rings is 1. The van der Waals surface area contributed by atoms with Gasteiger partial charge in [-0.05, 0) is 6.92 Å². The van der Waals surface area contributed by atoms with Gasteiger partial charge in [-0.1, -0.05) is 11.2 Å². The van der Waals surface area contributed by atoms with Crippen LogP contribution in [0, 0.1) is 6.92 Å². The van der Waals surface area contributed by atoms with Crippen molar-refractivity contribution >= 4 is 51.7 Å². The second kappa shape index (κ2) is 10.6. The van der Waals surface area contributed by atoms with Crippen LogP contribution in [-0.4, -0.2) is 60.5 Å². The fourth-order valence-electron chi connectivity index (χ4n) is 4.05. The maximum Gasteiger partial charge on any atom is 0.276 e. The van der Waals surface area contributed by atoms with E-state index in [1.807, 2.05) is 29.7 Å². The van der Waals surface area contributed by atoms with Crippen LogP contribution in [0.15, 0.2) is 58.7 Å². The molecule has 4 N–H and O–H groups in total. The molecule has 0 saturated carbocycles. The van der Waals surface area contributed by atoms with E-state index in [-0.39, 0.29) is 28.8 Å². The number of H-pyrrole nitrogens is 1. The molecular formula is C23H22N8O5S2. The Bertz CT molecular complexity index is 1450. The van der Waals surface area contributed by atoms with Gasteiger partial charge in [-0.25, -0.2) is 14.5 Å². The largest absolute Gasteiger partial charge is 0.543 e. The van der Waals surface area contributed by atoms with Gasteiger partial charge in [0, 0.05) is 34.5 Å². The number of oxime groups is 1. The van der Waals surface area contributed by atoms with Crippen molar-refractivity contribution < 1.29 is 28.9 Å². The number of fused-ring (bicyclic) bond motifs is 1. The van der Waals surface area contributed by atoms with E-state index in [2.05, 4.69) is 25.4 Å². The molecule has 0 aliphatic carbocycles. The number of nitrogens with one attached hydrogen (secondary N) is 2. The fourth-order valence-corrected chi connectivity index (χ4v) is 5.94. The zero-order chi connectivity index (χ0) is 26.8. The zero-order valence-corrected chi connectivity index (χ0v) is 21.6. The van der Waals surface area contributed by atoms with E-state index in [1.54, 1.807) is 17.8 Å². The van der Waals surface area contributed by atoms with Gasteiger partial charge in [0.2, 0.25) is 0 Å². The molecule has 15 heteroatoms. The minimum atomic E-state index is -1.44. The molecular weight excluding hydrogens is 532 g/mol. The maximum atomic E-state index is 13.2. The van der Waals surface area contributed by atoms with Crippen molar-refractivity contribution in [2.75, 3.05) is 11.5 Å². The molecule has 0 aromatic carbocycles. The summed E-state index contributed by atoms with van der Waals surface area (Å²) in [6.45, 7) is 2.11. The summed E-state index contributed by atoms with van der Waals surface area (Å²) in [5, 5.41) is 19.8. The number of nitrogen functional groups attached to an aromatic ring is 1. The van der Waals surface area contributed by atoms with Gasteiger partial charge in [-0.15, -0.1) is 23.1 Å². The number of aliphatic carboxylic acids is 1. The number of carbonyl (C=O) groups excluding carboxylic acids is 3. The molecule has 2 atom stereocenters. The Hall–Kier alpha value is -4.24. The Kier molecular flexibility index (Phi) is 7.11. The molecule has 1 saturated heterocycles. The summed E-state index contributed by atoms with van der Waals surface area (Å²) in [5.41, 5.74) is 7.53. The van der Waals surface area contributed by atoms with Crippen molar-refractivity contribution in [3.8, 4) is 0 Å². The third-order valence-electron chi connectivity index (χ3n) is 5.95. The van der Waals surface area contributed by atoms with E-state index >= 15 is 0 Å². The number of nitrogens with two attached hydrogens (primary N) is 1. The van der Waals surface area contributed by atoms with E-state index in [9.17, 15) is 19.5 Å². The smallest absolute Gasteiger partial charge is 0.276 e. The molecule has 2 amide bonds. The third-order valence-corrected chi connectivity index (χ3v) is 7.96. The normalized spacial score (nSPS) is 19.1. The summed E-state index contributed by atoms with van der Waals surface area (Å²) in [5.74, 6) is -2.36. The molecule has 2 aliphatic heterocycles. The number of carboxylic acid groups (broad SMARTS) is 1. The topological polar surface area (TPSA) is 183 Å². The number of β-lactam (4-membered cyclic amide) rings is 1. The number of hydrogen-bond donors (Lipinski definition) is 3. The highest BCUT2D eigenvalue weighted by Crippen LogP contribution is 2.40. The lowest BCUT2D eigenvalue weighted by Gasteiger charge is -2.50.